The number of pyridine rings is 1. The predicted octanol–water partition coefficient (Wildman–Crippen LogP) is 2.59. The van der Waals surface area contributed by atoms with Crippen molar-refractivity contribution in [3.63, 3.8) is 0 Å². The minimum absolute atomic E-state index is 0.208. The Morgan fingerprint density at radius 1 is 1.28 bits per heavy atom. The van der Waals surface area contributed by atoms with Gasteiger partial charge in [0.1, 0.15) is 5.69 Å². The molecule has 18 heavy (non-hydrogen) atoms. The molecule has 0 bridgehead atoms. The third-order valence-corrected chi connectivity index (χ3v) is 2.85. The molecule has 0 aliphatic carbocycles. The third kappa shape index (κ3) is 2.78. The van der Waals surface area contributed by atoms with Crippen molar-refractivity contribution >= 4 is 23.2 Å². The van der Waals surface area contributed by atoms with Crippen LogP contribution in [0.25, 0.3) is 0 Å². The van der Waals surface area contributed by atoms with Gasteiger partial charge in [0.2, 0.25) is 0 Å². The summed E-state index contributed by atoms with van der Waals surface area (Å²) in [7, 11) is 0. The summed E-state index contributed by atoms with van der Waals surface area (Å²) in [5, 5.41) is 3.24. The second-order valence-electron chi connectivity index (χ2n) is 3.86. The number of aromatic amines is 1. The highest BCUT2D eigenvalue weighted by molar-refractivity contribution is 6.31. The number of carbonyl (C=O) groups is 1. The lowest BCUT2D eigenvalue weighted by molar-refractivity contribution is 0.102. The fraction of sp³-hybridized carbons (Fsp3) is 0.0769. The number of aryl methyl sites for hydroxylation is 1. The number of benzene rings is 1. The first-order valence-electron chi connectivity index (χ1n) is 5.32. The standard InChI is InChI=1S/C13H11ClN2O2/c1-8-2-3-9(6-11(8)14)16-13(18)12-7-10(17)4-5-15-12/h2-7H,1H3,(H,15,17)(H,16,18). The maximum absolute atomic E-state index is 11.8. The molecule has 0 radical (unpaired) electrons. The fourth-order valence-electron chi connectivity index (χ4n) is 1.45. The minimum Gasteiger partial charge on any atom is -0.357 e. The zero-order chi connectivity index (χ0) is 13.1. The van der Waals surface area contributed by atoms with Crippen LogP contribution in [0.3, 0.4) is 0 Å². The highest BCUT2D eigenvalue weighted by Gasteiger charge is 2.07. The number of aromatic nitrogens is 1. The monoisotopic (exact) mass is 262 g/mol. The van der Waals surface area contributed by atoms with E-state index in [-0.39, 0.29) is 17.0 Å². The molecule has 0 fully saturated rings. The van der Waals surface area contributed by atoms with Gasteiger partial charge in [-0.25, -0.2) is 0 Å². The van der Waals surface area contributed by atoms with Gasteiger partial charge in [0.25, 0.3) is 5.91 Å². The summed E-state index contributed by atoms with van der Waals surface area (Å²) in [5.41, 5.74) is 1.50. The topological polar surface area (TPSA) is 62.0 Å². The van der Waals surface area contributed by atoms with Crippen LogP contribution >= 0.6 is 11.6 Å². The zero-order valence-electron chi connectivity index (χ0n) is 9.66. The maximum atomic E-state index is 11.8. The van der Waals surface area contributed by atoms with Crippen molar-refractivity contribution < 1.29 is 4.79 Å². The van der Waals surface area contributed by atoms with Crippen molar-refractivity contribution in [1.82, 2.24) is 4.98 Å². The molecular formula is C13H11ClN2O2. The summed E-state index contributed by atoms with van der Waals surface area (Å²) < 4.78 is 0. The van der Waals surface area contributed by atoms with Crippen molar-refractivity contribution in [2.45, 2.75) is 6.92 Å². The van der Waals surface area contributed by atoms with E-state index in [1.54, 1.807) is 12.1 Å². The average Bonchev–Trinajstić information content (AvgIpc) is 2.34. The molecule has 2 N–H and O–H groups in total. The van der Waals surface area contributed by atoms with E-state index in [0.717, 1.165) is 5.56 Å². The lowest BCUT2D eigenvalue weighted by Gasteiger charge is -2.06. The van der Waals surface area contributed by atoms with Gasteiger partial charge in [-0.1, -0.05) is 17.7 Å². The number of halogens is 1. The molecule has 5 heteroatoms. The maximum Gasteiger partial charge on any atom is 0.272 e. The molecule has 0 saturated heterocycles. The van der Waals surface area contributed by atoms with Gasteiger partial charge < -0.3 is 10.3 Å². The van der Waals surface area contributed by atoms with E-state index in [0.29, 0.717) is 10.7 Å². The second-order valence-corrected chi connectivity index (χ2v) is 4.26. The van der Waals surface area contributed by atoms with Gasteiger partial charge in [-0.05, 0) is 24.6 Å². The molecule has 0 spiro atoms. The quantitative estimate of drug-likeness (QED) is 0.874. The lowest BCUT2D eigenvalue weighted by Crippen LogP contribution is -2.16. The summed E-state index contributed by atoms with van der Waals surface area (Å²) >= 11 is 5.96. The van der Waals surface area contributed by atoms with E-state index in [4.69, 9.17) is 11.6 Å². The highest BCUT2D eigenvalue weighted by Crippen LogP contribution is 2.20. The Morgan fingerprint density at radius 2 is 2.06 bits per heavy atom. The Morgan fingerprint density at radius 3 is 2.72 bits per heavy atom. The van der Waals surface area contributed by atoms with Gasteiger partial charge in [0.05, 0.1) is 0 Å². The van der Waals surface area contributed by atoms with E-state index in [1.165, 1.54) is 18.3 Å². The molecule has 2 aromatic rings. The Hall–Kier alpha value is -2.07. The van der Waals surface area contributed by atoms with Crippen LogP contribution in [0.1, 0.15) is 16.1 Å². The van der Waals surface area contributed by atoms with Crippen molar-refractivity contribution in [2.24, 2.45) is 0 Å². The van der Waals surface area contributed by atoms with Crippen molar-refractivity contribution in [3.05, 3.63) is 63.0 Å². The van der Waals surface area contributed by atoms with E-state index in [2.05, 4.69) is 10.3 Å². The number of hydrogen-bond donors (Lipinski definition) is 2. The molecule has 0 aliphatic heterocycles. The summed E-state index contributed by atoms with van der Waals surface area (Å²) in [5.74, 6) is -0.382. The SMILES string of the molecule is Cc1ccc(NC(=O)c2cc(=O)cc[nH]2)cc1Cl. The molecule has 1 heterocycles. The average molecular weight is 263 g/mol. The van der Waals surface area contributed by atoms with Crippen LogP contribution < -0.4 is 10.7 Å². The second kappa shape index (κ2) is 5.06. The number of amides is 1. The smallest absolute Gasteiger partial charge is 0.272 e. The Kier molecular flexibility index (Phi) is 3.48. The van der Waals surface area contributed by atoms with Crippen LogP contribution in [0.2, 0.25) is 5.02 Å². The zero-order valence-corrected chi connectivity index (χ0v) is 10.4. The van der Waals surface area contributed by atoms with Crippen LogP contribution in [0.4, 0.5) is 5.69 Å². The van der Waals surface area contributed by atoms with Crippen LogP contribution in [0, 0.1) is 6.92 Å². The third-order valence-electron chi connectivity index (χ3n) is 2.45. The summed E-state index contributed by atoms with van der Waals surface area (Å²) in [6.45, 7) is 1.88. The van der Waals surface area contributed by atoms with Gasteiger partial charge in [0.15, 0.2) is 5.43 Å². The van der Waals surface area contributed by atoms with Gasteiger partial charge in [0, 0.05) is 29.0 Å². The van der Waals surface area contributed by atoms with Crippen molar-refractivity contribution in [2.75, 3.05) is 5.32 Å². The molecule has 0 unspecified atom stereocenters. The van der Waals surface area contributed by atoms with Crippen LogP contribution in [-0.4, -0.2) is 10.9 Å². The van der Waals surface area contributed by atoms with Crippen molar-refractivity contribution in [1.29, 1.82) is 0 Å². The molecule has 0 atom stereocenters. The number of hydrogen-bond acceptors (Lipinski definition) is 2. The highest BCUT2D eigenvalue weighted by atomic mass is 35.5. The Bertz CT molecular complexity index is 649. The number of rotatable bonds is 2. The van der Waals surface area contributed by atoms with Gasteiger partial charge in [-0.2, -0.15) is 0 Å². The molecule has 0 saturated carbocycles. The first kappa shape index (κ1) is 12.4. The molecule has 1 aromatic carbocycles. The lowest BCUT2D eigenvalue weighted by atomic mass is 10.2. The summed E-state index contributed by atoms with van der Waals surface area (Å²) in [6, 6.07) is 7.81. The van der Waals surface area contributed by atoms with Crippen LogP contribution in [0.5, 0.6) is 0 Å². The summed E-state index contributed by atoms with van der Waals surface area (Å²) in [4.78, 5) is 25.7. The van der Waals surface area contributed by atoms with Gasteiger partial charge in [-0.15, -0.1) is 0 Å². The van der Waals surface area contributed by atoms with Gasteiger partial charge >= 0.3 is 0 Å². The van der Waals surface area contributed by atoms with Crippen molar-refractivity contribution in [3.8, 4) is 0 Å². The van der Waals surface area contributed by atoms with E-state index < -0.39 is 0 Å². The fourth-order valence-corrected chi connectivity index (χ4v) is 1.63. The predicted molar refractivity (Wildman–Crippen MR) is 71.2 cm³/mol. The molecule has 2 rings (SSSR count). The molecule has 1 aromatic heterocycles. The molecular weight excluding hydrogens is 252 g/mol. The minimum atomic E-state index is -0.382. The molecule has 4 nitrogen and oxygen atoms in total. The Balaban J connectivity index is 2.21. The van der Waals surface area contributed by atoms with Gasteiger partial charge in [-0.3, -0.25) is 9.59 Å². The Labute approximate surface area is 109 Å². The molecule has 92 valence electrons. The number of anilines is 1. The van der Waals surface area contributed by atoms with E-state index in [1.807, 2.05) is 13.0 Å². The first-order valence-corrected chi connectivity index (χ1v) is 5.70. The van der Waals surface area contributed by atoms with Crippen LogP contribution in [-0.2, 0) is 0 Å². The van der Waals surface area contributed by atoms with E-state index >= 15 is 0 Å². The van der Waals surface area contributed by atoms with Crippen LogP contribution in [0.15, 0.2) is 41.3 Å². The number of H-pyrrole nitrogens is 1. The largest absolute Gasteiger partial charge is 0.357 e. The van der Waals surface area contributed by atoms with E-state index in [9.17, 15) is 9.59 Å². The molecule has 1 amide bonds. The molecule has 0 aliphatic rings. The number of carbonyl (C=O) groups excluding carboxylic acids is 1. The number of nitrogens with one attached hydrogen (secondary N) is 2. The first-order chi connectivity index (χ1) is 8.56. The summed E-state index contributed by atoms with van der Waals surface area (Å²) in [6.07, 6.45) is 1.43. The normalized spacial score (nSPS) is 10.1.